The Kier molecular flexibility index (Phi) is 5.80. The lowest BCUT2D eigenvalue weighted by Gasteiger charge is -2.13. The highest BCUT2D eigenvalue weighted by molar-refractivity contribution is 5.98. The zero-order valence-electron chi connectivity index (χ0n) is 13.4. The number of aryl methyl sites for hydroxylation is 1. The fourth-order valence-corrected chi connectivity index (χ4v) is 2.84. The lowest BCUT2D eigenvalue weighted by atomic mass is 10.1. The first kappa shape index (κ1) is 17.5. The van der Waals surface area contributed by atoms with E-state index >= 15 is 0 Å². The van der Waals surface area contributed by atoms with E-state index in [2.05, 4.69) is 15.6 Å². The van der Waals surface area contributed by atoms with Crippen LogP contribution in [-0.2, 0) is 0 Å². The number of benzene rings is 1. The number of fused-ring (bicyclic) bond motifs is 1. The molecule has 1 saturated heterocycles. The Morgan fingerprint density at radius 2 is 2.26 bits per heavy atom. The van der Waals surface area contributed by atoms with Crippen molar-refractivity contribution in [3.8, 4) is 5.75 Å². The highest BCUT2D eigenvalue weighted by Gasteiger charge is 2.17. The topological polar surface area (TPSA) is 63.2 Å². The average molecular weight is 336 g/mol. The van der Waals surface area contributed by atoms with Gasteiger partial charge in [-0.25, -0.2) is 0 Å². The van der Waals surface area contributed by atoms with E-state index in [0.29, 0.717) is 18.2 Å². The number of methoxy groups -OCH3 is 1. The lowest BCUT2D eigenvalue weighted by Crippen LogP contribution is -2.37. The van der Waals surface area contributed by atoms with Gasteiger partial charge in [0.05, 0.1) is 23.9 Å². The molecule has 1 aromatic carbocycles. The molecule has 0 spiro atoms. The SMILES string of the molecule is COc1ccc2cc(C(=O)NCC3CCCN3)c(C)nc2c1.Cl. The van der Waals surface area contributed by atoms with E-state index in [1.54, 1.807) is 7.11 Å². The summed E-state index contributed by atoms with van der Waals surface area (Å²) in [7, 11) is 1.63. The molecule has 0 aliphatic carbocycles. The quantitative estimate of drug-likeness (QED) is 0.901. The van der Waals surface area contributed by atoms with Crippen LogP contribution in [-0.4, -0.2) is 37.1 Å². The van der Waals surface area contributed by atoms with Crippen LogP contribution in [0.15, 0.2) is 24.3 Å². The van der Waals surface area contributed by atoms with E-state index in [9.17, 15) is 4.79 Å². The zero-order valence-corrected chi connectivity index (χ0v) is 14.2. The number of pyridine rings is 1. The number of ether oxygens (including phenoxy) is 1. The number of hydrogen-bond acceptors (Lipinski definition) is 4. The Morgan fingerprint density at radius 1 is 1.43 bits per heavy atom. The first-order valence-corrected chi connectivity index (χ1v) is 7.64. The van der Waals surface area contributed by atoms with Gasteiger partial charge in [0, 0.05) is 24.0 Å². The van der Waals surface area contributed by atoms with Crippen molar-refractivity contribution in [2.75, 3.05) is 20.2 Å². The molecule has 5 nitrogen and oxygen atoms in total. The van der Waals surface area contributed by atoms with Gasteiger partial charge in [-0.05, 0) is 44.5 Å². The first-order valence-electron chi connectivity index (χ1n) is 7.64. The highest BCUT2D eigenvalue weighted by Crippen LogP contribution is 2.21. The Bertz CT molecular complexity index is 700. The van der Waals surface area contributed by atoms with Crippen LogP contribution in [0.3, 0.4) is 0 Å². The number of carbonyl (C=O) groups excluding carboxylic acids is 1. The van der Waals surface area contributed by atoms with Crippen molar-refractivity contribution in [3.05, 3.63) is 35.5 Å². The third kappa shape index (κ3) is 3.92. The van der Waals surface area contributed by atoms with Gasteiger partial charge in [0.1, 0.15) is 5.75 Å². The molecule has 0 radical (unpaired) electrons. The summed E-state index contributed by atoms with van der Waals surface area (Å²) in [5.74, 6) is 0.709. The standard InChI is InChI=1S/C17H21N3O2.ClH/c1-11-15(17(21)19-10-13-4-3-7-18-13)8-12-5-6-14(22-2)9-16(12)20-11;/h5-6,8-9,13,18H,3-4,7,10H2,1-2H3,(H,19,21);1H. The minimum Gasteiger partial charge on any atom is -0.497 e. The highest BCUT2D eigenvalue weighted by atomic mass is 35.5. The van der Waals surface area contributed by atoms with Crippen molar-refractivity contribution in [1.82, 2.24) is 15.6 Å². The molecule has 1 atom stereocenters. The molecule has 1 fully saturated rings. The summed E-state index contributed by atoms with van der Waals surface area (Å²) in [6, 6.07) is 7.97. The van der Waals surface area contributed by atoms with Gasteiger partial charge in [-0.3, -0.25) is 9.78 Å². The van der Waals surface area contributed by atoms with Gasteiger partial charge in [-0.2, -0.15) is 0 Å². The maximum absolute atomic E-state index is 12.4. The fraction of sp³-hybridized carbons (Fsp3) is 0.412. The van der Waals surface area contributed by atoms with Crippen LogP contribution >= 0.6 is 12.4 Å². The second-order valence-corrected chi connectivity index (χ2v) is 5.68. The minimum absolute atomic E-state index is 0. The number of amides is 1. The molecule has 23 heavy (non-hydrogen) atoms. The Morgan fingerprint density at radius 3 is 2.96 bits per heavy atom. The van der Waals surface area contributed by atoms with Crippen LogP contribution in [0.4, 0.5) is 0 Å². The van der Waals surface area contributed by atoms with Crippen LogP contribution in [0.5, 0.6) is 5.75 Å². The molecular weight excluding hydrogens is 314 g/mol. The van der Waals surface area contributed by atoms with Gasteiger partial charge in [-0.1, -0.05) is 0 Å². The maximum atomic E-state index is 12.4. The number of aromatic nitrogens is 1. The van der Waals surface area contributed by atoms with E-state index in [4.69, 9.17) is 4.74 Å². The van der Waals surface area contributed by atoms with Gasteiger partial charge in [-0.15, -0.1) is 12.4 Å². The van der Waals surface area contributed by atoms with Crippen LogP contribution in [0.1, 0.15) is 28.9 Å². The first-order chi connectivity index (χ1) is 10.7. The molecule has 1 aliphatic heterocycles. The van der Waals surface area contributed by atoms with E-state index < -0.39 is 0 Å². The summed E-state index contributed by atoms with van der Waals surface area (Å²) in [5, 5.41) is 7.32. The number of hydrogen-bond donors (Lipinski definition) is 2. The molecule has 0 saturated carbocycles. The van der Waals surface area contributed by atoms with E-state index in [1.165, 1.54) is 6.42 Å². The fourth-order valence-electron chi connectivity index (χ4n) is 2.84. The van der Waals surface area contributed by atoms with E-state index in [-0.39, 0.29) is 18.3 Å². The summed E-state index contributed by atoms with van der Waals surface area (Å²) in [6.07, 6.45) is 2.30. The average Bonchev–Trinajstić information content (AvgIpc) is 3.04. The molecule has 1 amide bonds. The lowest BCUT2D eigenvalue weighted by molar-refractivity contribution is 0.0949. The van der Waals surface area contributed by atoms with Gasteiger partial charge >= 0.3 is 0 Å². The van der Waals surface area contributed by atoms with Crippen LogP contribution in [0, 0.1) is 6.92 Å². The Hall–Kier alpha value is -1.85. The third-order valence-corrected chi connectivity index (χ3v) is 4.13. The minimum atomic E-state index is -0.0589. The molecule has 6 heteroatoms. The predicted octanol–water partition coefficient (Wildman–Crippen LogP) is 2.46. The van der Waals surface area contributed by atoms with Crippen molar-refractivity contribution in [2.24, 2.45) is 0 Å². The Labute approximate surface area is 142 Å². The zero-order chi connectivity index (χ0) is 15.5. The molecule has 2 heterocycles. The molecule has 1 aromatic heterocycles. The number of halogens is 1. The molecule has 2 aromatic rings. The summed E-state index contributed by atoms with van der Waals surface area (Å²) < 4.78 is 5.21. The van der Waals surface area contributed by atoms with Crippen molar-refractivity contribution in [2.45, 2.75) is 25.8 Å². The van der Waals surface area contributed by atoms with Gasteiger partial charge in [0.2, 0.25) is 0 Å². The molecule has 0 bridgehead atoms. The summed E-state index contributed by atoms with van der Waals surface area (Å²) >= 11 is 0. The van der Waals surface area contributed by atoms with Crippen molar-refractivity contribution in [1.29, 1.82) is 0 Å². The van der Waals surface area contributed by atoms with Crippen molar-refractivity contribution < 1.29 is 9.53 Å². The predicted molar refractivity (Wildman–Crippen MR) is 93.6 cm³/mol. The Balaban J connectivity index is 0.00000192. The van der Waals surface area contributed by atoms with Crippen molar-refractivity contribution in [3.63, 3.8) is 0 Å². The molecule has 124 valence electrons. The normalized spacial score (nSPS) is 16.9. The molecule has 1 unspecified atom stereocenters. The summed E-state index contributed by atoms with van der Waals surface area (Å²) in [5.41, 5.74) is 2.21. The maximum Gasteiger partial charge on any atom is 0.253 e. The van der Waals surface area contributed by atoms with Crippen LogP contribution < -0.4 is 15.4 Å². The van der Waals surface area contributed by atoms with E-state index in [0.717, 1.165) is 35.3 Å². The van der Waals surface area contributed by atoms with Gasteiger partial charge in [0.15, 0.2) is 0 Å². The second-order valence-electron chi connectivity index (χ2n) is 5.68. The number of rotatable bonds is 4. The smallest absolute Gasteiger partial charge is 0.253 e. The van der Waals surface area contributed by atoms with Crippen molar-refractivity contribution >= 4 is 29.2 Å². The largest absolute Gasteiger partial charge is 0.497 e. The van der Waals surface area contributed by atoms with Crippen LogP contribution in [0.25, 0.3) is 10.9 Å². The second kappa shape index (κ2) is 7.62. The number of nitrogens with one attached hydrogen (secondary N) is 2. The number of nitrogens with zero attached hydrogens (tertiary/aromatic N) is 1. The number of carbonyl (C=O) groups is 1. The monoisotopic (exact) mass is 335 g/mol. The molecule has 3 rings (SSSR count). The van der Waals surface area contributed by atoms with E-state index in [1.807, 2.05) is 31.2 Å². The van der Waals surface area contributed by atoms with Gasteiger partial charge in [0.25, 0.3) is 5.91 Å². The molecular formula is C17H22ClN3O2. The molecule has 1 aliphatic rings. The van der Waals surface area contributed by atoms with Gasteiger partial charge < -0.3 is 15.4 Å². The summed E-state index contributed by atoms with van der Waals surface area (Å²) in [4.78, 5) is 16.9. The molecule has 2 N–H and O–H groups in total. The summed E-state index contributed by atoms with van der Waals surface area (Å²) in [6.45, 7) is 3.57. The third-order valence-electron chi connectivity index (χ3n) is 4.13. The van der Waals surface area contributed by atoms with Crippen LogP contribution in [0.2, 0.25) is 0 Å².